The maximum absolute atomic E-state index is 10.2. The van der Waals surface area contributed by atoms with Crippen LogP contribution in [0.5, 0.6) is 5.75 Å². The van der Waals surface area contributed by atoms with E-state index in [2.05, 4.69) is 13.0 Å². The van der Waals surface area contributed by atoms with E-state index in [1.807, 2.05) is 12.1 Å². The van der Waals surface area contributed by atoms with Crippen LogP contribution >= 0.6 is 0 Å². The number of aliphatic hydroxyl groups is 1. The normalized spacial score (nSPS) is 21.1. The summed E-state index contributed by atoms with van der Waals surface area (Å²) in [6.07, 6.45) is 4.64. The Hall–Kier alpha value is -1.06. The quantitative estimate of drug-likeness (QED) is 0.888. The Kier molecular flexibility index (Phi) is 5.23. The van der Waals surface area contributed by atoms with Crippen molar-refractivity contribution in [1.82, 2.24) is 0 Å². The zero-order valence-electron chi connectivity index (χ0n) is 11.9. The first-order valence-electron chi connectivity index (χ1n) is 7.12. The molecule has 0 radical (unpaired) electrons. The number of rotatable bonds is 5. The van der Waals surface area contributed by atoms with E-state index in [0.29, 0.717) is 6.42 Å². The van der Waals surface area contributed by atoms with Crippen molar-refractivity contribution in [1.29, 1.82) is 0 Å². The molecule has 1 aliphatic rings. The highest BCUT2D eigenvalue weighted by Crippen LogP contribution is 2.24. The maximum atomic E-state index is 10.2. The van der Waals surface area contributed by atoms with Crippen LogP contribution < -0.4 is 4.74 Å². The van der Waals surface area contributed by atoms with Crippen molar-refractivity contribution in [3.8, 4) is 5.75 Å². The minimum Gasteiger partial charge on any atom is -0.496 e. The SMILES string of the molecule is COc1ccc(C)cc1CC(O)CC1CCCCO1. The molecule has 3 nitrogen and oxygen atoms in total. The predicted molar refractivity (Wildman–Crippen MR) is 75.6 cm³/mol. The fourth-order valence-corrected chi connectivity index (χ4v) is 2.70. The minimum atomic E-state index is -0.362. The average molecular weight is 264 g/mol. The largest absolute Gasteiger partial charge is 0.496 e. The van der Waals surface area contributed by atoms with Crippen LogP contribution in [0.3, 0.4) is 0 Å². The van der Waals surface area contributed by atoms with Crippen LogP contribution in [-0.4, -0.2) is 31.0 Å². The Morgan fingerprint density at radius 3 is 2.95 bits per heavy atom. The summed E-state index contributed by atoms with van der Waals surface area (Å²) < 4.78 is 11.0. The summed E-state index contributed by atoms with van der Waals surface area (Å²) in [6, 6.07) is 6.08. The first kappa shape index (κ1) is 14.4. The number of benzene rings is 1. The molecule has 19 heavy (non-hydrogen) atoms. The van der Waals surface area contributed by atoms with Gasteiger partial charge in [-0.3, -0.25) is 0 Å². The standard InChI is InChI=1S/C16H24O3/c1-12-6-7-16(18-2)13(9-12)10-14(17)11-15-5-3-4-8-19-15/h6-7,9,14-15,17H,3-5,8,10-11H2,1-2H3. The third kappa shape index (κ3) is 4.22. The van der Waals surface area contributed by atoms with Crippen molar-refractivity contribution in [3.05, 3.63) is 29.3 Å². The zero-order valence-corrected chi connectivity index (χ0v) is 11.9. The summed E-state index contributed by atoms with van der Waals surface area (Å²) in [6.45, 7) is 2.89. The van der Waals surface area contributed by atoms with E-state index in [0.717, 1.165) is 37.2 Å². The Labute approximate surface area is 115 Å². The highest BCUT2D eigenvalue weighted by molar-refractivity contribution is 5.37. The van der Waals surface area contributed by atoms with Crippen LogP contribution in [0.15, 0.2) is 18.2 Å². The average Bonchev–Trinajstić information content (AvgIpc) is 2.40. The first-order valence-corrected chi connectivity index (χ1v) is 7.12. The lowest BCUT2D eigenvalue weighted by Gasteiger charge is -2.25. The van der Waals surface area contributed by atoms with Crippen LogP contribution in [-0.2, 0) is 11.2 Å². The van der Waals surface area contributed by atoms with Gasteiger partial charge >= 0.3 is 0 Å². The van der Waals surface area contributed by atoms with E-state index < -0.39 is 0 Å². The molecule has 106 valence electrons. The van der Waals surface area contributed by atoms with Gasteiger partial charge in [0.05, 0.1) is 19.3 Å². The molecule has 0 saturated carbocycles. The summed E-state index contributed by atoms with van der Waals surface area (Å²) in [7, 11) is 1.67. The molecule has 1 aliphatic heterocycles. The van der Waals surface area contributed by atoms with E-state index in [4.69, 9.17) is 9.47 Å². The van der Waals surface area contributed by atoms with Gasteiger partial charge < -0.3 is 14.6 Å². The van der Waals surface area contributed by atoms with Gasteiger partial charge in [0.15, 0.2) is 0 Å². The molecule has 3 heteroatoms. The smallest absolute Gasteiger partial charge is 0.122 e. The van der Waals surface area contributed by atoms with Gasteiger partial charge in [-0.15, -0.1) is 0 Å². The fraction of sp³-hybridized carbons (Fsp3) is 0.625. The third-order valence-electron chi connectivity index (χ3n) is 3.70. The number of ether oxygens (including phenoxy) is 2. The van der Waals surface area contributed by atoms with Gasteiger partial charge in [0, 0.05) is 13.0 Å². The van der Waals surface area contributed by atoms with Crippen LogP contribution in [0, 0.1) is 6.92 Å². The van der Waals surface area contributed by atoms with Crippen molar-refractivity contribution in [2.45, 2.75) is 51.2 Å². The van der Waals surface area contributed by atoms with E-state index in [-0.39, 0.29) is 12.2 Å². The van der Waals surface area contributed by atoms with Gasteiger partial charge in [0.1, 0.15) is 5.75 Å². The molecular formula is C16H24O3. The molecule has 1 saturated heterocycles. The fourth-order valence-electron chi connectivity index (χ4n) is 2.70. The highest BCUT2D eigenvalue weighted by Gasteiger charge is 2.19. The number of hydrogen-bond donors (Lipinski definition) is 1. The van der Waals surface area contributed by atoms with Crippen LogP contribution in [0.2, 0.25) is 0 Å². The highest BCUT2D eigenvalue weighted by atomic mass is 16.5. The zero-order chi connectivity index (χ0) is 13.7. The molecule has 1 aromatic rings. The van der Waals surface area contributed by atoms with Gasteiger partial charge in [-0.25, -0.2) is 0 Å². The Morgan fingerprint density at radius 1 is 1.42 bits per heavy atom. The molecule has 0 aliphatic carbocycles. The summed E-state index contributed by atoms with van der Waals surface area (Å²) >= 11 is 0. The van der Waals surface area contributed by atoms with Gasteiger partial charge in [-0.1, -0.05) is 17.7 Å². The summed E-state index contributed by atoms with van der Waals surface area (Å²) in [5.41, 5.74) is 2.27. The predicted octanol–water partition coefficient (Wildman–Crippen LogP) is 2.87. The number of hydrogen-bond acceptors (Lipinski definition) is 3. The Balaban J connectivity index is 1.93. The molecular weight excluding hydrogens is 240 g/mol. The molecule has 0 aromatic heterocycles. The molecule has 1 N–H and O–H groups in total. The van der Waals surface area contributed by atoms with Crippen molar-refractivity contribution in [2.24, 2.45) is 0 Å². The Bertz CT molecular complexity index is 397. The molecule has 2 unspecified atom stereocenters. The van der Waals surface area contributed by atoms with Crippen molar-refractivity contribution < 1.29 is 14.6 Å². The second-order valence-corrected chi connectivity index (χ2v) is 5.40. The second kappa shape index (κ2) is 6.92. The number of aliphatic hydroxyl groups excluding tert-OH is 1. The molecule has 1 fully saturated rings. The lowest BCUT2D eigenvalue weighted by Crippen LogP contribution is -2.25. The van der Waals surface area contributed by atoms with Crippen LogP contribution in [0.25, 0.3) is 0 Å². The summed E-state index contributed by atoms with van der Waals surface area (Å²) in [4.78, 5) is 0. The van der Waals surface area contributed by atoms with E-state index >= 15 is 0 Å². The topological polar surface area (TPSA) is 38.7 Å². The lowest BCUT2D eigenvalue weighted by molar-refractivity contribution is -0.0148. The number of aryl methyl sites for hydroxylation is 1. The van der Waals surface area contributed by atoms with Gasteiger partial charge in [0.2, 0.25) is 0 Å². The maximum Gasteiger partial charge on any atom is 0.122 e. The monoisotopic (exact) mass is 264 g/mol. The minimum absolute atomic E-state index is 0.222. The molecule has 1 aromatic carbocycles. The second-order valence-electron chi connectivity index (χ2n) is 5.40. The van der Waals surface area contributed by atoms with Gasteiger partial charge in [0.25, 0.3) is 0 Å². The summed E-state index contributed by atoms with van der Waals surface area (Å²) in [5, 5.41) is 10.2. The first-order chi connectivity index (χ1) is 9.19. The van der Waals surface area contributed by atoms with Crippen molar-refractivity contribution in [2.75, 3.05) is 13.7 Å². The van der Waals surface area contributed by atoms with Gasteiger partial charge in [-0.05, 0) is 44.2 Å². The molecule has 2 atom stereocenters. The molecule has 1 heterocycles. The molecule has 2 rings (SSSR count). The summed E-state index contributed by atoms with van der Waals surface area (Å²) in [5.74, 6) is 0.856. The number of methoxy groups -OCH3 is 1. The van der Waals surface area contributed by atoms with Gasteiger partial charge in [-0.2, -0.15) is 0 Å². The van der Waals surface area contributed by atoms with Crippen LogP contribution in [0.4, 0.5) is 0 Å². The molecule has 0 bridgehead atoms. The van der Waals surface area contributed by atoms with E-state index in [1.165, 1.54) is 12.0 Å². The molecule has 0 spiro atoms. The van der Waals surface area contributed by atoms with Crippen LogP contribution in [0.1, 0.15) is 36.8 Å². The molecule has 0 amide bonds. The van der Waals surface area contributed by atoms with E-state index in [1.54, 1.807) is 7.11 Å². The lowest BCUT2D eigenvalue weighted by atomic mass is 9.97. The van der Waals surface area contributed by atoms with E-state index in [9.17, 15) is 5.11 Å². The van der Waals surface area contributed by atoms with Crippen molar-refractivity contribution in [3.63, 3.8) is 0 Å². The third-order valence-corrected chi connectivity index (χ3v) is 3.70. The Morgan fingerprint density at radius 2 is 2.26 bits per heavy atom. The van der Waals surface area contributed by atoms with Crippen molar-refractivity contribution >= 4 is 0 Å².